The number of β-amino-alcohol motifs (C(OH)–C–C–N with tert-alkyl or cyclic N) is 1. The molecule has 14 heteroatoms. The monoisotopic (exact) mass is 621 g/mol. The van der Waals surface area contributed by atoms with Crippen LogP contribution in [0, 0.1) is 6.92 Å². The summed E-state index contributed by atoms with van der Waals surface area (Å²) in [6.45, 7) is 10.3. The van der Waals surface area contributed by atoms with Gasteiger partial charge in [-0.25, -0.2) is 18.7 Å². The van der Waals surface area contributed by atoms with Crippen molar-refractivity contribution in [2.75, 3.05) is 25.0 Å². The average molecular weight is 622 g/mol. The third kappa shape index (κ3) is 9.32. The molecule has 2 atom stereocenters. The molecule has 0 bridgehead atoms. The number of rotatable bonds is 8. The number of halogens is 5. The number of likely N-dealkylation sites (tertiary alicyclic amines) is 2. The molecule has 2 aromatic heterocycles. The minimum atomic E-state index is -4.52. The maximum Gasteiger partial charge on any atom is 0.405 e. The van der Waals surface area contributed by atoms with E-state index < -0.39 is 36.2 Å². The van der Waals surface area contributed by atoms with Gasteiger partial charge in [-0.15, -0.1) is 11.3 Å². The van der Waals surface area contributed by atoms with E-state index in [-0.39, 0.29) is 34.4 Å². The van der Waals surface area contributed by atoms with Gasteiger partial charge in [0.2, 0.25) is 6.41 Å². The first-order chi connectivity index (χ1) is 19.7. The summed E-state index contributed by atoms with van der Waals surface area (Å²) < 4.78 is 64.1. The van der Waals surface area contributed by atoms with Gasteiger partial charge < -0.3 is 20.2 Å². The molecule has 236 valence electrons. The van der Waals surface area contributed by atoms with Gasteiger partial charge in [-0.1, -0.05) is 27.2 Å². The van der Waals surface area contributed by atoms with E-state index in [9.17, 15) is 36.6 Å². The van der Waals surface area contributed by atoms with E-state index in [1.807, 2.05) is 24.1 Å². The molecule has 2 aliphatic heterocycles. The van der Waals surface area contributed by atoms with Crippen LogP contribution in [0.4, 0.5) is 27.8 Å². The van der Waals surface area contributed by atoms with Crippen LogP contribution in [0.15, 0.2) is 12.3 Å². The predicted molar refractivity (Wildman–Crippen MR) is 153 cm³/mol. The SMILES string of the molecule is CC.CCCC1CCC(C)N1C=O.Cc1nc(C(=O)N2CC(C)(O)C2)sc1-c1cnc(NCC(F)(F)F)cc1C(F)F. The summed E-state index contributed by atoms with van der Waals surface area (Å²) in [5, 5.41) is 11.8. The number of aryl methyl sites for hydroxylation is 1. The summed E-state index contributed by atoms with van der Waals surface area (Å²) in [6.07, 6.45) is -0.690. The second-order valence-electron chi connectivity index (χ2n) is 10.4. The number of aliphatic hydroxyl groups is 1. The van der Waals surface area contributed by atoms with Crippen molar-refractivity contribution >= 4 is 29.5 Å². The maximum atomic E-state index is 13.5. The number of aromatic nitrogens is 2. The van der Waals surface area contributed by atoms with Crippen molar-refractivity contribution in [3.63, 3.8) is 0 Å². The van der Waals surface area contributed by atoms with Crippen molar-refractivity contribution in [2.45, 2.75) is 97.5 Å². The molecule has 4 heterocycles. The fraction of sp³-hybridized carbons (Fsp3) is 0.643. The minimum absolute atomic E-state index is 0.00205. The molecule has 0 radical (unpaired) electrons. The van der Waals surface area contributed by atoms with Crippen LogP contribution in [0.1, 0.15) is 87.8 Å². The third-order valence-electron chi connectivity index (χ3n) is 6.81. The van der Waals surface area contributed by atoms with Crippen LogP contribution in [0.5, 0.6) is 0 Å². The van der Waals surface area contributed by atoms with E-state index in [2.05, 4.69) is 23.8 Å². The molecule has 2 fully saturated rings. The lowest BCUT2D eigenvalue weighted by Gasteiger charge is -2.43. The second kappa shape index (κ2) is 15.0. The Bertz CT molecular complexity index is 1180. The topological polar surface area (TPSA) is 98.7 Å². The van der Waals surface area contributed by atoms with Crippen LogP contribution in [-0.4, -0.2) is 80.7 Å². The van der Waals surface area contributed by atoms with E-state index in [1.165, 1.54) is 30.6 Å². The Labute approximate surface area is 247 Å². The van der Waals surface area contributed by atoms with E-state index in [4.69, 9.17) is 0 Å². The highest BCUT2D eigenvalue weighted by molar-refractivity contribution is 7.17. The van der Waals surface area contributed by atoms with Gasteiger partial charge in [0.05, 0.1) is 29.3 Å². The summed E-state index contributed by atoms with van der Waals surface area (Å²) in [7, 11) is 0. The zero-order valence-electron chi connectivity index (χ0n) is 24.8. The number of hydrogen-bond acceptors (Lipinski definition) is 7. The first-order valence-electron chi connectivity index (χ1n) is 14.0. The largest absolute Gasteiger partial charge is 0.405 e. The van der Waals surface area contributed by atoms with Crippen molar-refractivity contribution in [2.24, 2.45) is 0 Å². The van der Waals surface area contributed by atoms with Crippen LogP contribution in [0.25, 0.3) is 10.4 Å². The highest BCUT2D eigenvalue weighted by Crippen LogP contribution is 2.38. The van der Waals surface area contributed by atoms with Crippen LogP contribution >= 0.6 is 11.3 Å². The summed E-state index contributed by atoms with van der Waals surface area (Å²) >= 11 is 0.896. The van der Waals surface area contributed by atoms with Crippen molar-refractivity contribution < 1.29 is 36.6 Å². The van der Waals surface area contributed by atoms with Gasteiger partial charge >= 0.3 is 6.18 Å². The van der Waals surface area contributed by atoms with E-state index in [0.717, 1.165) is 30.0 Å². The lowest BCUT2D eigenvalue weighted by Crippen LogP contribution is -2.61. The highest BCUT2D eigenvalue weighted by atomic mass is 32.1. The van der Waals surface area contributed by atoms with Gasteiger partial charge in [0.15, 0.2) is 5.01 Å². The summed E-state index contributed by atoms with van der Waals surface area (Å²) in [4.78, 5) is 34.6. The Hall–Kier alpha value is -2.87. The standard InChI is InChI=1S/C17H17F5N4O2S.C9H17NO.C2H6/c1-8-12(29-14(25-8)15(27)26-6-16(2,28)7-26)10-4-23-11(3-9(10)13(18)19)24-5-17(20,21)22;1-3-4-9-6-5-8(2)10(9)7-11;1-2/h3-4,13,28H,5-7H2,1-2H3,(H,23,24);7-9H,3-6H2,1-2H3;1-2H3. The van der Waals surface area contributed by atoms with Gasteiger partial charge in [0.25, 0.3) is 12.3 Å². The molecule has 42 heavy (non-hydrogen) atoms. The molecule has 4 rings (SSSR count). The summed E-state index contributed by atoms with van der Waals surface area (Å²) in [5.41, 5.74) is -1.15. The highest BCUT2D eigenvalue weighted by Gasteiger charge is 2.41. The molecule has 8 nitrogen and oxygen atoms in total. The van der Waals surface area contributed by atoms with Crippen LogP contribution in [0.2, 0.25) is 0 Å². The molecule has 2 aromatic rings. The number of amides is 2. The predicted octanol–water partition coefficient (Wildman–Crippen LogP) is 6.45. The van der Waals surface area contributed by atoms with Crippen LogP contribution < -0.4 is 5.32 Å². The Morgan fingerprint density at radius 1 is 1.29 bits per heavy atom. The van der Waals surface area contributed by atoms with Gasteiger partial charge in [0, 0.05) is 29.4 Å². The van der Waals surface area contributed by atoms with Gasteiger partial charge in [-0.3, -0.25) is 9.59 Å². The zero-order chi connectivity index (χ0) is 31.8. The molecule has 2 amide bonds. The van der Waals surface area contributed by atoms with E-state index >= 15 is 0 Å². The molecular formula is C28H40F5N5O3S. The number of carbonyl (C=O) groups excluding carboxylic acids is 2. The Morgan fingerprint density at radius 3 is 2.45 bits per heavy atom. The molecule has 0 saturated carbocycles. The molecule has 2 saturated heterocycles. The number of alkyl halides is 5. The van der Waals surface area contributed by atoms with Crippen molar-refractivity contribution in [1.82, 2.24) is 19.8 Å². The number of thiazole rings is 1. The average Bonchev–Trinajstić information content (AvgIpc) is 3.48. The summed E-state index contributed by atoms with van der Waals surface area (Å²) in [6, 6.07) is 1.87. The summed E-state index contributed by atoms with van der Waals surface area (Å²) in [5.74, 6) is -0.756. The fourth-order valence-corrected chi connectivity index (χ4v) is 5.90. The smallest absolute Gasteiger partial charge is 0.386 e. The lowest BCUT2D eigenvalue weighted by atomic mass is 9.97. The van der Waals surface area contributed by atoms with Crippen molar-refractivity contribution in [1.29, 1.82) is 0 Å². The van der Waals surface area contributed by atoms with Crippen LogP contribution in [0.3, 0.4) is 0 Å². The molecular weight excluding hydrogens is 581 g/mol. The first-order valence-corrected chi connectivity index (χ1v) is 14.8. The van der Waals surface area contributed by atoms with Gasteiger partial charge in [-0.2, -0.15) is 13.2 Å². The van der Waals surface area contributed by atoms with Crippen molar-refractivity contribution in [3.05, 3.63) is 28.5 Å². The minimum Gasteiger partial charge on any atom is -0.386 e. The Balaban J connectivity index is 0.000000396. The molecule has 2 N–H and O–H groups in total. The Morgan fingerprint density at radius 2 is 1.93 bits per heavy atom. The van der Waals surface area contributed by atoms with Gasteiger partial charge in [-0.05, 0) is 46.1 Å². The molecule has 0 aliphatic carbocycles. The lowest BCUT2D eigenvalue weighted by molar-refractivity contribution is -0.120. The number of nitrogens with zero attached hydrogens (tertiary/aromatic N) is 4. The second-order valence-corrected chi connectivity index (χ2v) is 11.4. The zero-order valence-corrected chi connectivity index (χ0v) is 25.6. The third-order valence-corrected chi connectivity index (χ3v) is 7.99. The molecule has 2 unspecified atom stereocenters. The van der Waals surface area contributed by atoms with Crippen LogP contribution in [-0.2, 0) is 4.79 Å². The number of hydrogen-bond donors (Lipinski definition) is 2. The fourth-order valence-electron chi connectivity index (χ4n) is 4.83. The van der Waals surface area contributed by atoms with Crippen molar-refractivity contribution in [3.8, 4) is 10.4 Å². The number of anilines is 1. The first kappa shape index (κ1) is 35.3. The Kier molecular flexibility index (Phi) is 12.6. The normalized spacial score (nSPS) is 19.4. The number of carbonyl (C=O) groups is 2. The van der Waals surface area contributed by atoms with E-state index in [0.29, 0.717) is 17.8 Å². The molecule has 0 aromatic carbocycles. The van der Waals surface area contributed by atoms with E-state index in [1.54, 1.807) is 13.8 Å². The number of nitrogens with one attached hydrogen (secondary N) is 1. The quantitative estimate of drug-likeness (QED) is 0.260. The maximum absolute atomic E-state index is 13.5. The number of pyridine rings is 1. The van der Waals surface area contributed by atoms with Gasteiger partial charge in [0.1, 0.15) is 12.4 Å². The molecule has 0 spiro atoms. The molecule has 2 aliphatic rings.